The van der Waals surface area contributed by atoms with Gasteiger partial charge in [-0.15, -0.1) is 127 Å². The first-order valence-electron chi connectivity index (χ1n) is 27.3. The van der Waals surface area contributed by atoms with E-state index in [4.69, 9.17) is 0 Å². The molecule has 0 radical (unpaired) electrons. The van der Waals surface area contributed by atoms with Crippen molar-refractivity contribution < 1.29 is 73.3 Å². The molecule has 0 unspecified atom stereocenters. The summed E-state index contributed by atoms with van der Waals surface area (Å²) in [6.45, 7) is 8.56. The summed E-state index contributed by atoms with van der Waals surface area (Å²) in [5, 5.41) is 10.9. The maximum absolute atomic E-state index is 3.28. The van der Waals surface area contributed by atoms with Crippen LogP contribution < -0.4 is 24.8 Å². The van der Waals surface area contributed by atoms with E-state index in [0.29, 0.717) is 0 Å². The minimum absolute atomic E-state index is 0. The van der Waals surface area contributed by atoms with Crippen LogP contribution in [0.4, 0.5) is 0 Å². The third-order valence-electron chi connectivity index (χ3n) is 13.8. The van der Waals surface area contributed by atoms with Crippen molar-refractivity contribution in [3.63, 3.8) is 0 Å². The molecule has 0 atom stereocenters. The Hall–Kier alpha value is -7.01. The van der Waals surface area contributed by atoms with Gasteiger partial charge >= 0.3 is 198 Å². The summed E-state index contributed by atoms with van der Waals surface area (Å²) in [7, 11) is 0. The number of halogens is 2. The van der Waals surface area contributed by atoms with Gasteiger partial charge in [0, 0.05) is 0 Å². The van der Waals surface area contributed by atoms with Crippen molar-refractivity contribution in [2.45, 2.75) is 40.5 Å². The molecular formula is C78H64Cl2Zr2-2. The van der Waals surface area contributed by atoms with Crippen molar-refractivity contribution >= 4 is 60.6 Å². The average Bonchev–Trinajstić information content (AvgIpc) is 4.39. The van der Waals surface area contributed by atoms with Crippen LogP contribution in [0.5, 0.6) is 0 Å². The Balaban J connectivity index is 0.000000142. The quantitative estimate of drug-likeness (QED) is 0.146. The van der Waals surface area contributed by atoms with Crippen LogP contribution in [0.1, 0.15) is 68.5 Å². The van der Waals surface area contributed by atoms with Crippen LogP contribution in [0.25, 0.3) is 54.2 Å². The predicted octanol–water partition coefficient (Wildman–Crippen LogP) is 13.9. The van der Waals surface area contributed by atoms with E-state index in [9.17, 15) is 0 Å². The Kier molecular flexibility index (Phi) is 24.4. The molecular weight excluding hydrogens is 1190 g/mol. The van der Waals surface area contributed by atoms with Gasteiger partial charge in [0.15, 0.2) is 0 Å². The molecule has 400 valence electrons. The Labute approximate surface area is 528 Å². The van der Waals surface area contributed by atoms with Gasteiger partial charge in [-0.2, -0.15) is 35.5 Å². The number of hydrogen-bond acceptors (Lipinski definition) is 0. The van der Waals surface area contributed by atoms with Gasteiger partial charge in [-0.1, -0.05) is 120 Å². The van der Waals surface area contributed by atoms with E-state index in [1.165, 1.54) is 165 Å². The number of hydrogen-bond donors (Lipinski definition) is 0. The van der Waals surface area contributed by atoms with E-state index in [-0.39, 0.29) is 24.8 Å². The SMILES string of the molecule is Cc1ccc2c(c1)[cH-]c1cc(C)ccc12.Cc1ccc2c(c1)[cH-]c1cc(C)ccc12.[C-]1=C(c2ccccc2)C=CC1.[C-]1=C(c2ccccc2)C=CC1.[Cl-].[Cl-].[Zr+2]=[C](c1ccccc1)c1ccccc1.[Zr+2]=[C](c1ccccc1)c1ccccc1. The molecule has 0 aliphatic heterocycles. The monoisotopic (exact) mass is 1250 g/mol. The third-order valence-corrected chi connectivity index (χ3v) is 16.7. The van der Waals surface area contributed by atoms with Crippen LogP contribution in [0.3, 0.4) is 0 Å². The first-order chi connectivity index (χ1) is 39.2. The Bertz CT molecular complexity index is 3630. The van der Waals surface area contributed by atoms with E-state index in [0.717, 1.165) is 12.8 Å². The summed E-state index contributed by atoms with van der Waals surface area (Å²) in [5.74, 6) is 0. The van der Waals surface area contributed by atoms with Gasteiger partial charge in [-0.25, -0.2) is 0 Å². The van der Waals surface area contributed by atoms with Crippen LogP contribution in [0.2, 0.25) is 0 Å². The minimum atomic E-state index is 0. The zero-order valence-corrected chi connectivity index (χ0v) is 53.3. The molecule has 0 spiro atoms. The predicted molar refractivity (Wildman–Crippen MR) is 339 cm³/mol. The van der Waals surface area contributed by atoms with Gasteiger partial charge < -0.3 is 24.8 Å². The van der Waals surface area contributed by atoms with Gasteiger partial charge in [0.2, 0.25) is 0 Å². The first kappa shape index (κ1) is 62.6. The Morgan fingerprint density at radius 2 is 0.549 bits per heavy atom. The summed E-state index contributed by atoms with van der Waals surface area (Å²) in [6, 6.07) is 94.1. The fourth-order valence-electron chi connectivity index (χ4n) is 9.72. The summed E-state index contributed by atoms with van der Waals surface area (Å²) >= 11 is 2.92. The van der Waals surface area contributed by atoms with E-state index < -0.39 is 0 Å². The average molecular weight is 1250 g/mol. The Morgan fingerprint density at radius 3 is 0.768 bits per heavy atom. The van der Waals surface area contributed by atoms with Gasteiger partial charge in [-0.05, 0) is 27.7 Å². The molecule has 0 amide bonds. The molecule has 2 aliphatic rings. The van der Waals surface area contributed by atoms with Crippen LogP contribution in [-0.2, 0) is 48.5 Å². The second-order valence-electron chi connectivity index (χ2n) is 20.0. The molecule has 2 aliphatic carbocycles. The molecule has 0 heterocycles. The fourth-order valence-corrected chi connectivity index (χ4v) is 11.4. The van der Waals surface area contributed by atoms with Gasteiger partial charge in [0.25, 0.3) is 0 Å². The normalized spacial score (nSPS) is 11.6. The molecule has 12 aromatic carbocycles. The van der Waals surface area contributed by atoms with Gasteiger partial charge in [0.1, 0.15) is 0 Å². The van der Waals surface area contributed by atoms with E-state index in [1.54, 1.807) is 0 Å². The van der Waals surface area contributed by atoms with Crippen LogP contribution in [-0.4, -0.2) is 6.41 Å². The number of benzene rings is 10. The molecule has 82 heavy (non-hydrogen) atoms. The summed E-state index contributed by atoms with van der Waals surface area (Å²) in [4.78, 5) is 0. The topological polar surface area (TPSA) is 0 Å². The standard InChI is InChI=1S/2C15H13.2C13H10.2C11H9.2ClH.2Zr/c2*1-10-3-5-14-12(7-10)9-13-8-11(2)4-6-15(13)14;2*1-3-7-12(8-4-1)11-13-9-5-2-6-10-13;2*1-2-6-10(7-3-1)11-8-4-5-9-11;;;;/h2*3-9H,1-2H3;2*1-10H;2*1-4,6-8H,5H2;2*1H;;/q2*-1;;;2*-1;;;2*+2/p-2. The summed E-state index contributed by atoms with van der Waals surface area (Å²) in [5.41, 5.74) is 15.6. The van der Waals surface area contributed by atoms with E-state index in [2.05, 4.69) is 319 Å². The second-order valence-corrected chi connectivity index (χ2v) is 22.4. The first-order valence-corrected chi connectivity index (χ1v) is 29.8. The number of fused-ring (bicyclic) bond motifs is 6. The molecule has 0 N–H and O–H groups in total. The molecule has 0 nitrogen and oxygen atoms in total. The van der Waals surface area contributed by atoms with Crippen molar-refractivity contribution in [3.05, 3.63) is 359 Å². The zero-order chi connectivity index (χ0) is 55.5. The molecule has 0 aromatic heterocycles. The molecule has 12 aromatic rings. The number of rotatable bonds is 6. The van der Waals surface area contributed by atoms with Crippen molar-refractivity contribution in [1.29, 1.82) is 0 Å². The number of allylic oxidation sites excluding steroid dienone is 8. The Morgan fingerprint density at radius 1 is 0.317 bits per heavy atom. The van der Waals surface area contributed by atoms with Crippen molar-refractivity contribution in [2.75, 3.05) is 0 Å². The van der Waals surface area contributed by atoms with Crippen molar-refractivity contribution in [3.8, 4) is 0 Å². The molecule has 14 rings (SSSR count). The second kappa shape index (κ2) is 32.0. The van der Waals surface area contributed by atoms with Crippen LogP contribution >= 0.6 is 0 Å². The summed E-state index contributed by atoms with van der Waals surface area (Å²) in [6.07, 6.45) is 17.0. The molecule has 0 bridgehead atoms. The van der Waals surface area contributed by atoms with E-state index >= 15 is 0 Å². The fraction of sp³-hybridized carbons (Fsp3) is 0.0769. The number of aryl methyl sites for hydroxylation is 4. The van der Waals surface area contributed by atoms with Crippen LogP contribution in [0.15, 0.2) is 291 Å². The third kappa shape index (κ3) is 17.5. The van der Waals surface area contributed by atoms with Gasteiger partial charge in [0.05, 0.1) is 0 Å². The molecule has 0 saturated heterocycles. The molecule has 4 heteroatoms. The van der Waals surface area contributed by atoms with Crippen molar-refractivity contribution in [2.24, 2.45) is 0 Å². The maximum atomic E-state index is 3.28. The summed E-state index contributed by atoms with van der Waals surface area (Å²) < 4.78 is 2.83. The molecule has 0 saturated carbocycles. The van der Waals surface area contributed by atoms with Crippen molar-refractivity contribution in [1.82, 2.24) is 0 Å². The van der Waals surface area contributed by atoms with Gasteiger partial charge in [-0.3, -0.25) is 0 Å². The van der Waals surface area contributed by atoms with E-state index in [1.807, 2.05) is 12.1 Å². The molecule has 0 fully saturated rings. The van der Waals surface area contributed by atoms with Crippen LogP contribution in [0, 0.1) is 39.8 Å². The zero-order valence-electron chi connectivity index (χ0n) is 46.9.